The predicted octanol–water partition coefficient (Wildman–Crippen LogP) is 2.63. The molecule has 1 aromatic rings. The fourth-order valence-electron chi connectivity index (χ4n) is 2.43. The lowest BCUT2D eigenvalue weighted by molar-refractivity contribution is 0.0184. The monoisotopic (exact) mass is 361 g/mol. The van der Waals surface area contributed by atoms with E-state index in [4.69, 9.17) is 4.74 Å². The average Bonchev–Trinajstić information content (AvgIpc) is 2.47. The number of benzene rings is 1. The SMILES string of the molecule is COC1CN(S(=O)(=O)c2ccc(CBr)cc2)CCC1C. The van der Waals surface area contributed by atoms with Gasteiger partial charge < -0.3 is 4.74 Å². The third-order valence-corrected chi connectivity index (χ3v) is 6.40. The molecule has 0 radical (unpaired) electrons. The highest BCUT2D eigenvalue weighted by atomic mass is 79.9. The minimum absolute atomic E-state index is 0.0275. The number of sulfonamides is 1. The van der Waals surface area contributed by atoms with Crippen molar-refractivity contribution in [2.24, 2.45) is 5.92 Å². The van der Waals surface area contributed by atoms with Crippen LogP contribution in [0.4, 0.5) is 0 Å². The van der Waals surface area contributed by atoms with Crippen LogP contribution >= 0.6 is 15.9 Å². The van der Waals surface area contributed by atoms with Crippen molar-refractivity contribution < 1.29 is 13.2 Å². The van der Waals surface area contributed by atoms with Gasteiger partial charge in [-0.3, -0.25) is 0 Å². The summed E-state index contributed by atoms with van der Waals surface area (Å²) in [4.78, 5) is 0.353. The standard InChI is InChI=1S/C14H20BrNO3S/c1-11-7-8-16(10-14(11)19-2)20(17,18)13-5-3-12(9-15)4-6-13/h3-6,11,14H,7-10H2,1-2H3. The largest absolute Gasteiger partial charge is 0.380 e. The Morgan fingerprint density at radius 2 is 2.00 bits per heavy atom. The van der Waals surface area contributed by atoms with E-state index in [9.17, 15) is 8.42 Å². The molecule has 2 unspecified atom stereocenters. The molecule has 20 heavy (non-hydrogen) atoms. The number of rotatable bonds is 4. The first-order valence-electron chi connectivity index (χ1n) is 6.67. The van der Waals surface area contributed by atoms with Crippen molar-refractivity contribution >= 4 is 26.0 Å². The highest BCUT2D eigenvalue weighted by Crippen LogP contribution is 2.25. The summed E-state index contributed by atoms with van der Waals surface area (Å²) in [6.07, 6.45) is 0.803. The van der Waals surface area contributed by atoms with Gasteiger partial charge >= 0.3 is 0 Å². The molecule has 0 bridgehead atoms. The molecule has 0 aromatic heterocycles. The predicted molar refractivity (Wildman–Crippen MR) is 82.4 cm³/mol. The zero-order valence-corrected chi connectivity index (χ0v) is 14.2. The summed E-state index contributed by atoms with van der Waals surface area (Å²) in [5.41, 5.74) is 1.06. The Kier molecular flexibility index (Phi) is 5.23. The van der Waals surface area contributed by atoms with E-state index >= 15 is 0 Å². The molecule has 4 nitrogen and oxygen atoms in total. The lowest BCUT2D eigenvalue weighted by Gasteiger charge is -2.35. The fraction of sp³-hybridized carbons (Fsp3) is 0.571. The van der Waals surface area contributed by atoms with Crippen LogP contribution in [-0.2, 0) is 20.1 Å². The molecule has 0 N–H and O–H groups in total. The van der Waals surface area contributed by atoms with Gasteiger partial charge in [-0.1, -0.05) is 35.0 Å². The van der Waals surface area contributed by atoms with Crippen LogP contribution in [0.15, 0.2) is 29.2 Å². The van der Waals surface area contributed by atoms with Crippen molar-refractivity contribution in [2.45, 2.75) is 29.7 Å². The maximum atomic E-state index is 12.6. The molecule has 0 saturated carbocycles. The first-order valence-corrected chi connectivity index (χ1v) is 9.23. The summed E-state index contributed by atoms with van der Waals surface area (Å²) in [5, 5.41) is 0.723. The number of piperidine rings is 1. The third kappa shape index (κ3) is 3.24. The van der Waals surface area contributed by atoms with Crippen molar-refractivity contribution in [1.29, 1.82) is 0 Å². The van der Waals surface area contributed by atoms with Crippen LogP contribution in [-0.4, -0.2) is 39.0 Å². The van der Waals surface area contributed by atoms with Crippen LogP contribution < -0.4 is 0 Å². The van der Waals surface area contributed by atoms with Crippen molar-refractivity contribution in [3.8, 4) is 0 Å². The summed E-state index contributed by atoms with van der Waals surface area (Å²) in [7, 11) is -1.77. The Morgan fingerprint density at radius 1 is 1.35 bits per heavy atom. The van der Waals surface area contributed by atoms with E-state index in [1.165, 1.54) is 4.31 Å². The molecule has 1 aromatic carbocycles. The number of ether oxygens (including phenoxy) is 1. The minimum Gasteiger partial charge on any atom is -0.380 e. The molecular weight excluding hydrogens is 342 g/mol. The first kappa shape index (κ1) is 15.9. The van der Waals surface area contributed by atoms with Crippen molar-refractivity contribution in [1.82, 2.24) is 4.31 Å². The molecule has 1 aliphatic heterocycles. The molecule has 1 saturated heterocycles. The number of hydrogen-bond donors (Lipinski definition) is 0. The lowest BCUT2D eigenvalue weighted by atomic mass is 9.97. The van der Waals surface area contributed by atoms with Crippen molar-refractivity contribution in [2.75, 3.05) is 20.2 Å². The highest BCUT2D eigenvalue weighted by molar-refractivity contribution is 9.08. The molecule has 0 aliphatic carbocycles. The Morgan fingerprint density at radius 3 is 2.55 bits per heavy atom. The zero-order valence-electron chi connectivity index (χ0n) is 11.8. The van der Waals surface area contributed by atoms with E-state index in [1.54, 1.807) is 19.2 Å². The van der Waals surface area contributed by atoms with Gasteiger partial charge in [0.2, 0.25) is 10.0 Å². The van der Waals surface area contributed by atoms with Gasteiger partial charge in [-0.25, -0.2) is 8.42 Å². The average molecular weight is 362 g/mol. The van der Waals surface area contributed by atoms with Crippen molar-refractivity contribution in [3.05, 3.63) is 29.8 Å². The first-order chi connectivity index (χ1) is 9.48. The quantitative estimate of drug-likeness (QED) is 0.774. The maximum Gasteiger partial charge on any atom is 0.243 e. The number of nitrogens with zero attached hydrogens (tertiary/aromatic N) is 1. The Balaban J connectivity index is 2.21. The van der Waals surface area contributed by atoms with E-state index in [1.807, 2.05) is 12.1 Å². The molecule has 2 rings (SSSR count). The van der Waals surface area contributed by atoms with Gasteiger partial charge in [0.25, 0.3) is 0 Å². The van der Waals surface area contributed by atoms with E-state index in [-0.39, 0.29) is 6.10 Å². The lowest BCUT2D eigenvalue weighted by Crippen LogP contribution is -2.46. The maximum absolute atomic E-state index is 12.6. The van der Waals surface area contributed by atoms with Gasteiger partial charge in [-0.15, -0.1) is 0 Å². The Labute approximate surface area is 129 Å². The van der Waals surface area contributed by atoms with Gasteiger partial charge in [-0.2, -0.15) is 4.31 Å². The summed E-state index contributed by atoms with van der Waals surface area (Å²) in [6, 6.07) is 7.02. The van der Waals surface area contributed by atoms with E-state index < -0.39 is 10.0 Å². The normalized spacial score (nSPS) is 24.8. The molecule has 2 atom stereocenters. The number of hydrogen-bond acceptors (Lipinski definition) is 3. The topological polar surface area (TPSA) is 46.6 Å². The second-order valence-electron chi connectivity index (χ2n) is 5.18. The second kappa shape index (κ2) is 6.56. The smallest absolute Gasteiger partial charge is 0.243 e. The Bertz CT molecular complexity index is 544. The molecule has 0 amide bonds. The van der Waals surface area contributed by atoms with Crippen LogP contribution in [0.1, 0.15) is 18.9 Å². The van der Waals surface area contributed by atoms with Gasteiger partial charge in [0.05, 0.1) is 11.0 Å². The molecule has 0 spiro atoms. The van der Waals surface area contributed by atoms with Gasteiger partial charge in [0.15, 0.2) is 0 Å². The summed E-state index contributed by atoms with van der Waals surface area (Å²) in [6.45, 7) is 3.09. The number of halogens is 1. The van der Waals surface area contributed by atoms with Crippen molar-refractivity contribution in [3.63, 3.8) is 0 Å². The van der Waals surface area contributed by atoms with Crippen LogP contribution in [0.25, 0.3) is 0 Å². The minimum atomic E-state index is -3.42. The van der Waals surface area contributed by atoms with Crippen LogP contribution in [0, 0.1) is 5.92 Å². The fourth-order valence-corrected chi connectivity index (χ4v) is 4.27. The molecular formula is C14H20BrNO3S. The van der Waals surface area contributed by atoms with E-state index in [0.29, 0.717) is 23.9 Å². The molecule has 6 heteroatoms. The van der Waals surface area contributed by atoms with Gasteiger partial charge in [-0.05, 0) is 30.0 Å². The Hall–Kier alpha value is -0.430. The van der Waals surface area contributed by atoms with Gasteiger partial charge in [0, 0.05) is 25.5 Å². The van der Waals surface area contributed by atoms with Crippen LogP contribution in [0.2, 0.25) is 0 Å². The summed E-state index contributed by atoms with van der Waals surface area (Å²) >= 11 is 3.36. The van der Waals surface area contributed by atoms with E-state index in [0.717, 1.165) is 17.3 Å². The third-order valence-electron chi connectivity index (χ3n) is 3.87. The number of methoxy groups -OCH3 is 1. The van der Waals surface area contributed by atoms with Gasteiger partial charge in [0.1, 0.15) is 0 Å². The zero-order chi connectivity index (χ0) is 14.8. The number of alkyl halides is 1. The second-order valence-corrected chi connectivity index (χ2v) is 7.68. The molecule has 1 aliphatic rings. The van der Waals surface area contributed by atoms with E-state index in [2.05, 4.69) is 22.9 Å². The van der Waals surface area contributed by atoms with Crippen LogP contribution in [0.3, 0.4) is 0 Å². The molecule has 1 fully saturated rings. The summed E-state index contributed by atoms with van der Waals surface area (Å²) in [5.74, 6) is 0.391. The highest BCUT2D eigenvalue weighted by Gasteiger charge is 2.33. The van der Waals surface area contributed by atoms with Crippen LogP contribution in [0.5, 0.6) is 0 Å². The summed E-state index contributed by atoms with van der Waals surface area (Å²) < 4.78 is 32.1. The molecule has 1 heterocycles. The molecule has 112 valence electrons.